The molecule has 6 heteroatoms. The van der Waals surface area contributed by atoms with Gasteiger partial charge in [-0.15, -0.1) is 0 Å². The molecule has 0 saturated heterocycles. The van der Waals surface area contributed by atoms with Gasteiger partial charge < -0.3 is 18.6 Å². The normalized spacial score (nSPS) is 11.7. The molecular formula is C26H22O6. The van der Waals surface area contributed by atoms with Gasteiger partial charge in [0.15, 0.2) is 5.43 Å². The number of ether oxygens (including phenoxy) is 3. The Kier molecular flexibility index (Phi) is 6.22. The van der Waals surface area contributed by atoms with E-state index in [0.717, 1.165) is 5.56 Å². The number of hydrogen-bond donors (Lipinski definition) is 0. The summed E-state index contributed by atoms with van der Waals surface area (Å²) >= 11 is 0. The zero-order valence-electron chi connectivity index (χ0n) is 17.7. The van der Waals surface area contributed by atoms with Crippen LogP contribution in [0.3, 0.4) is 0 Å². The summed E-state index contributed by atoms with van der Waals surface area (Å²) in [5, 5.41) is 0.415. The van der Waals surface area contributed by atoms with Gasteiger partial charge in [0.05, 0.1) is 24.7 Å². The van der Waals surface area contributed by atoms with Gasteiger partial charge in [0.2, 0.25) is 6.10 Å². The lowest BCUT2D eigenvalue weighted by Crippen LogP contribution is -2.21. The molecule has 1 heterocycles. The maximum Gasteiger partial charge on any atom is 0.352 e. The Morgan fingerprint density at radius 2 is 1.69 bits per heavy atom. The number of fused-ring (bicyclic) bond motifs is 1. The molecule has 3 aromatic carbocycles. The quantitative estimate of drug-likeness (QED) is 0.378. The molecular weight excluding hydrogens is 408 g/mol. The highest BCUT2D eigenvalue weighted by Crippen LogP contribution is 2.28. The van der Waals surface area contributed by atoms with Crippen molar-refractivity contribution in [3.05, 3.63) is 94.8 Å². The van der Waals surface area contributed by atoms with Crippen LogP contribution in [-0.2, 0) is 9.53 Å². The Morgan fingerprint density at radius 1 is 0.969 bits per heavy atom. The summed E-state index contributed by atoms with van der Waals surface area (Å²) in [5.74, 6) is 0.602. The number of benzene rings is 3. The van der Waals surface area contributed by atoms with Gasteiger partial charge in [-0.3, -0.25) is 4.79 Å². The minimum absolute atomic E-state index is 0.159. The molecule has 4 rings (SSSR count). The average Bonchev–Trinajstić information content (AvgIpc) is 2.83. The third-order valence-electron chi connectivity index (χ3n) is 5.00. The highest BCUT2D eigenvalue weighted by atomic mass is 16.6. The summed E-state index contributed by atoms with van der Waals surface area (Å²) in [6, 6.07) is 21.2. The van der Waals surface area contributed by atoms with Crippen molar-refractivity contribution in [3.63, 3.8) is 0 Å². The molecule has 0 bridgehead atoms. The maximum atomic E-state index is 13.0. The molecule has 0 aliphatic heterocycles. The molecule has 6 nitrogen and oxygen atoms in total. The van der Waals surface area contributed by atoms with E-state index < -0.39 is 12.1 Å². The van der Waals surface area contributed by atoms with E-state index in [-0.39, 0.29) is 12.0 Å². The first-order chi connectivity index (χ1) is 15.6. The fourth-order valence-electron chi connectivity index (χ4n) is 3.39. The van der Waals surface area contributed by atoms with Crippen LogP contribution in [0.4, 0.5) is 0 Å². The number of hydrogen-bond acceptors (Lipinski definition) is 6. The number of carbonyl (C=O) groups is 1. The van der Waals surface area contributed by atoms with E-state index in [0.29, 0.717) is 33.6 Å². The molecule has 0 saturated carbocycles. The minimum Gasteiger partial charge on any atom is -0.497 e. The molecule has 0 radical (unpaired) electrons. The lowest BCUT2D eigenvalue weighted by Gasteiger charge is -2.18. The van der Waals surface area contributed by atoms with Crippen molar-refractivity contribution in [1.82, 2.24) is 0 Å². The highest BCUT2D eigenvalue weighted by Gasteiger charge is 2.24. The Bertz CT molecular complexity index is 1280. The van der Waals surface area contributed by atoms with Crippen molar-refractivity contribution in [1.29, 1.82) is 0 Å². The van der Waals surface area contributed by atoms with Crippen LogP contribution in [0.2, 0.25) is 0 Å². The van der Waals surface area contributed by atoms with E-state index in [1.54, 1.807) is 68.6 Å². The summed E-state index contributed by atoms with van der Waals surface area (Å²) in [6.45, 7) is 1.98. The predicted octanol–water partition coefficient (Wildman–Crippen LogP) is 5.15. The first kappa shape index (κ1) is 21.2. The first-order valence-electron chi connectivity index (χ1n) is 10.2. The number of carbonyl (C=O) groups excluding carboxylic acids is 1. The molecule has 1 aromatic heterocycles. The predicted molar refractivity (Wildman–Crippen MR) is 121 cm³/mol. The van der Waals surface area contributed by atoms with Crippen molar-refractivity contribution in [2.45, 2.75) is 13.0 Å². The van der Waals surface area contributed by atoms with Gasteiger partial charge in [0, 0.05) is 11.6 Å². The van der Waals surface area contributed by atoms with Crippen LogP contribution in [0.1, 0.15) is 18.6 Å². The van der Waals surface area contributed by atoms with Crippen molar-refractivity contribution in [2.75, 3.05) is 13.7 Å². The van der Waals surface area contributed by atoms with Crippen molar-refractivity contribution in [2.24, 2.45) is 0 Å². The molecule has 4 aromatic rings. The lowest BCUT2D eigenvalue weighted by molar-refractivity contribution is -0.151. The van der Waals surface area contributed by atoms with Crippen LogP contribution < -0.4 is 14.9 Å². The molecule has 0 aliphatic carbocycles. The average molecular weight is 430 g/mol. The van der Waals surface area contributed by atoms with Crippen LogP contribution in [0.5, 0.6) is 11.5 Å². The van der Waals surface area contributed by atoms with Crippen molar-refractivity contribution < 1.29 is 23.4 Å². The van der Waals surface area contributed by atoms with E-state index in [4.69, 9.17) is 18.6 Å². The maximum absolute atomic E-state index is 13.0. The Hall–Kier alpha value is -4.06. The van der Waals surface area contributed by atoms with Crippen LogP contribution in [0.25, 0.3) is 22.1 Å². The van der Waals surface area contributed by atoms with Gasteiger partial charge in [0.1, 0.15) is 23.3 Å². The standard InChI is InChI=1S/C26H22O6/c1-3-30-26(28)25(18-7-5-4-6-8-18)32-20-13-14-21-23(15-20)31-16-22(24(21)27)17-9-11-19(29-2)12-10-17/h4-16,25H,3H2,1-2H3. The molecule has 0 amide bonds. The fraction of sp³-hybridized carbons (Fsp3) is 0.154. The van der Waals surface area contributed by atoms with E-state index in [2.05, 4.69) is 0 Å². The highest BCUT2D eigenvalue weighted by molar-refractivity contribution is 5.83. The third kappa shape index (κ3) is 4.34. The van der Waals surface area contributed by atoms with Crippen molar-refractivity contribution in [3.8, 4) is 22.6 Å². The second-order valence-electron chi connectivity index (χ2n) is 7.03. The fourth-order valence-corrected chi connectivity index (χ4v) is 3.39. The summed E-state index contributed by atoms with van der Waals surface area (Å²) in [4.78, 5) is 25.5. The molecule has 162 valence electrons. The van der Waals surface area contributed by atoms with Gasteiger partial charge in [-0.05, 0) is 36.8 Å². The zero-order valence-corrected chi connectivity index (χ0v) is 17.7. The van der Waals surface area contributed by atoms with E-state index in [9.17, 15) is 9.59 Å². The Balaban J connectivity index is 1.67. The summed E-state index contributed by atoms with van der Waals surface area (Å²) in [5.41, 5.74) is 2.05. The van der Waals surface area contributed by atoms with Crippen LogP contribution in [-0.4, -0.2) is 19.7 Å². The van der Waals surface area contributed by atoms with Gasteiger partial charge in [-0.1, -0.05) is 42.5 Å². The molecule has 32 heavy (non-hydrogen) atoms. The van der Waals surface area contributed by atoms with Gasteiger partial charge in [-0.25, -0.2) is 4.79 Å². The molecule has 0 N–H and O–H groups in total. The monoisotopic (exact) mass is 430 g/mol. The summed E-state index contributed by atoms with van der Waals surface area (Å²) < 4.78 is 22.0. The van der Waals surface area contributed by atoms with E-state index in [1.165, 1.54) is 6.26 Å². The van der Waals surface area contributed by atoms with Crippen LogP contribution in [0.15, 0.2) is 88.3 Å². The number of esters is 1. The molecule has 0 spiro atoms. The van der Waals surface area contributed by atoms with Crippen LogP contribution >= 0.6 is 0 Å². The second kappa shape index (κ2) is 9.39. The van der Waals surface area contributed by atoms with Crippen LogP contribution in [0, 0.1) is 0 Å². The smallest absolute Gasteiger partial charge is 0.352 e. The molecule has 0 aliphatic rings. The Labute approximate surface area is 185 Å². The minimum atomic E-state index is -0.932. The number of rotatable bonds is 7. The first-order valence-corrected chi connectivity index (χ1v) is 10.2. The second-order valence-corrected chi connectivity index (χ2v) is 7.03. The third-order valence-corrected chi connectivity index (χ3v) is 5.00. The molecule has 1 atom stereocenters. The topological polar surface area (TPSA) is 75.0 Å². The van der Waals surface area contributed by atoms with Gasteiger partial charge >= 0.3 is 5.97 Å². The Morgan fingerprint density at radius 3 is 2.38 bits per heavy atom. The molecule has 0 fully saturated rings. The molecule has 1 unspecified atom stereocenters. The van der Waals surface area contributed by atoms with E-state index in [1.807, 2.05) is 18.2 Å². The number of methoxy groups -OCH3 is 1. The van der Waals surface area contributed by atoms with Gasteiger partial charge in [0.25, 0.3) is 0 Å². The zero-order chi connectivity index (χ0) is 22.5. The lowest BCUT2D eigenvalue weighted by atomic mass is 10.1. The SMILES string of the molecule is CCOC(=O)C(Oc1ccc2c(=O)c(-c3ccc(OC)cc3)coc2c1)c1ccccc1. The van der Waals surface area contributed by atoms with Gasteiger partial charge in [-0.2, -0.15) is 0 Å². The largest absolute Gasteiger partial charge is 0.497 e. The van der Waals surface area contributed by atoms with E-state index >= 15 is 0 Å². The summed E-state index contributed by atoms with van der Waals surface area (Å²) in [7, 11) is 1.59. The van der Waals surface area contributed by atoms with Crippen molar-refractivity contribution >= 4 is 16.9 Å². The summed E-state index contributed by atoms with van der Waals surface area (Å²) in [6.07, 6.45) is 0.495.